The van der Waals surface area contributed by atoms with E-state index in [0.29, 0.717) is 13.2 Å². The first-order valence-electron chi connectivity index (χ1n) is 6.96. The minimum absolute atomic E-state index is 0.0223. The Morgan fingerprint density at radius 3 is 2.65 bits per heavy atom. The third kappa shape index (κ3) is 3.17. The van der Waals surface area contributed by atoms with Gasteiger partial charge in [-0.05, 0) is 31.0 Å². The van der Waals surface area contributed by atoms with Crippen molar-refractivity contribution in [1.29, 1.82) is 0 Å². The number of hydroxylamine groups is 1. The number of anilines is 1. The van der Waals surface area contributed by atoms with Gasteiger partial charge in [-0.1, -0.05) is 19.1 Å². The van der Waals surface area contributed by atoms with E-state index in [-0.39, 0.29) is 24.2 Å². The molecule has 1 heterocycles. The summed E-state index contributed by atoms with van der Waals surface area (Å²) in [5.74, 6) is -0.598. The van der Waals surface area contributed by atoms with Crippen LogP contribution in [0.15, 0.2) is 24.3 Å². The number of nitrogens with zero attached hydrogens (tertiary/aromatic N) is 1. The quantitative estimate of drug-likeness (QED) is 0.832. The molecule has 1 aliphatic heterocycles. The number of carbonyl (C=O) groups is 2. The molecule has 1 saturated heterocycles. The molecule has 5 nitrogen and oxygen atoms in total. The third-order valence-corrected chi connectivity index (χ3v) is 3.47. The van der Waals surface area contributed by atoms with E-state index in [1.54, 1.807) is 11.8 Å². The lowest BCUT2D eigenvalue weighted by Gasteiger charge is -2.17. The molecule has 0 bridgehead atoms. The number of rotatable bonds is 5. The molecule has 0 spiro atoms. The van der Waals surface area contributed by atoms with Gasteiger partial charge >= 0.3 is 0 Å². The van der Waals surface area contributed by atoms with Crippen LogP contribution in [0.5, 0.6) is 0 Å². The highest BCUT2D eigenvalue weighted by atomic mass is 16.6. The highest BCUT2D eigenvalue weighted by Gasteiger charge is 2.35. The van der Waals surface area contributed by atoms with Crippen LogP contribution in [-0.2, 0) is 20.8 Å². The number of nitrogens with one attached hydrogen (secondary N) is 1. The van der Waals surface area contributed by atoms with Crippen molar-refractivity contribution in [2.75, 3.05) is 18.1 Å². The number of carbonyl (C=O) groups excluding carboxylic acids is 2. The topological polar surface area (TPSA) is 58.6 Å². The molecule has 1 aromatic carbocycles. The number of hydrogen-bond acceptors (Lipinski definition) is 3. The monoisotopic (exact) mass is 276 g/mol. The van der Waals surface area contributed by atoms with Crippen LogP contribution < -0.4 is 10.4 Å². The van der Waals surface area contributed by atoms with Gasteiger partial charge in [0.05, 0.1) is 12.5 Å². The molecular formula is C15H20N2O3. The molecule has 1 aromatic rings. The molecule has 1 fully saturated rings. The van der Waals surface area contributed by atoms with Gasteiger partial charge in [-0.2, -0.15) is 0 Å². The van der Waals surface area contributed by atoms with Crippen molar-refractivity contribution in [3.8, 4) is 0 Å². The van der Waals surface area contributed by atoms with E-state index in [1.165, 1.54) is 5.56 Å². The van der Waals surface area contributed by atoms with Crippen molar-refractivity contribution >= 4 is 17.5 Å². The molecule has 108 valence electrons. The van der Waals surface area contributed by atoms with E-state index in [4.69, 9.17) is 4.84 Å². The summed E-state index contributed by atoms with van der Waals surface area (Å²) in [6, 6.07) is 7.88. The van der Waals surface area contributed by atoms with Crippen LogP contribution in [0.4, 0.5) is 5.69 Å². The lowest BCUT2D eigenvalue weighted by molar-refractivity contribution is -0.137. The molecule has 5 heteroatoms. The van der Waals surface area contributed by atoms with Crippen molar-refractivity contribution in [3.63, 3.8) is 0 Å². The van der Waals surface area contributed by atoms with Crippen LogP contribution >= 0.6 is 0 Å². The smallest absolute Gasteiger partial charge is 0.248 e. The third-order valence-electron chi connectivity index (χ3n) is 3.47. The molecular weight excluding hydrogens is 256 g/mol. The standard InChI is InChI=1S/C15H20N2O3/c1-3-11-5-7-13(8-6-11)17-10-12(9-14(17)18)15(19)16-20-4-2/h5-8,12H,3-4,9-10H2,1-2H3,(H,16,19). The largest absolute Gasteiger partial charge is 0.312 e. The Morgan fingerprint density at radius 1 is 1.35 bits per heavy atom. The summed E-state index contributed by atoms with van der Waals surface area (Å²) >= 11 is 0. The summed E-state index contributed by atoms with van der Waals surface area (Å²) in [6.45, 7) is 4.70. The van der Waals surface area contributed by atoms with Gasteiger partial charge in [0.1, 0.15) is 0 Å². The van der Waals surface area contributed by atoms with E-state index in [0.717, 1.165) is 12.1 Å². The van der Waals surface area contributed by atoms with Crippen LogP contribution in [0.2, 0.25) is 0 Å². The molecule has 0 aromatic heterocycles. The van der Waals surface area contributed by atoms with Crippen molar-refractivity contribution in [2.24, 2.45) is 5.92 Å². The van der Waals surface area contributed by atoms with Gasteiger partial charge in [0.15, 0.2) is 0 Å². The zero-order valence-electron chi connectivity index (χ0n) is 11.9. The van der Waals surface area contributed by atoms with Gasteiger partial charge in [-0.15, -0.1) is 0 Å². The molecule has 2 rings (SSSR count). The van der Waals surface area contributed by atoms with Crippen molar-refractivity contribution in [3.05, 3.63) is 29.8 Å². The van der Waals surface area contributed by atoms with Crippen LogP contribution in [0.25, 0.3) is 0 Å². The van der Waals surface area contributed by atoms with E-state index in [2.05, 4.69) is 12.4 Å². The van der Waals surface area contributed by atoms with Gasteiger partial charge in [-0.25, -0.2) is 5.48 Å². The number of benzene rings is 1. The molecule has 1 aliphatic rings. The van der Waals surface area contributed by atoms with Crippen LogP contribution in [0.1, 0.15) is 25.8 Å². The Kier molecular flexibility index (Phi) is 4.74. The zero-order valence-corrected chi connectivity index (χ0v) is 11.9. The Bertz CT molecular complexity index is 484. The molecule has 0 aliphatic carbocycles. The second kappa shape index (κ2) is 6.52. The van der Waals surface area contributed by atoms with Crippen molar-refractivity contribution in [2.45, 2.75) is 26.7 Å². The molecule has 1 N–H and O–H groups in total. The predicted octanol–water partition coefficient (Wildman–Crippen LogP) is 1.67. The van der Waals surface area contributed by atoms with Crippen LogP contribution in [-0.4, -0.2) is 25.0 Å². The fourth-order valence-electron chi connectivity index (χ4n) is 2.27. The van der Waals surface area contributed by atoms with Crippen LogP contribution in [0.3, 0.4) is 0 Å². The average Bonchev–Trinajstić information content (AvgIpc) is 2.87. The van der Waals surface area contributed by atoms with Crippen LogP contribution in [0, 0.1) is 5.92 Å². The van der Waals surface area contributed by atoms with Gasteiger partial charge in [0.2, 0.25) is 11.8 Å². The summed E-state index contributed by atoms with van der Waals surface area (Å²) in [4.78, 5) is 30.4. The van der Waals surface area contributed by atoms with Gasteiger partial charge in [-0.3, -0.25) is 14.4 Å². The first kappa shape index (κ1) is 14.5. The Labute approximate surface area is 118 Å². The van der Waals surface area contributed by atoms with E-state index < -0.39 is 0 Å². The minimum Gasteiger partial charge on any atom is -0.312 e. The molecule has 0 radical (unpaired) electrons. The second-order valence-electron chi connectivity index (χ2n) is 4.82. The van der Waals surface area contributed by atoms with Gasteiger partial charge in [0.25, 0.3) is 0 Å². The summed E-state index contributed by atoms with van der Waals surface area (Å²) in [5, 5.41) is 0. The molecule has 2 amide bonds. The Balaban J connectivity index is 2.03. The van der Waals surface area contributed by atoms with Gasteiger partial charge in [0, 0.05) is 18.7 Å². The summed E-state index contributed by atoms with van der Waals surface area (Å²) < 4.78 is 0. The summed E-state index contributed by atoms with van der Waals surface area (Å²) in [7, 11) is 0. The highest BCUT2D eigenvalue weighted by molar-refractivity contribution is 6.00. The van der Waals surface area contributed by atoms with E-state index in [1.807, 2.05) is 24.3 Å². The first-order valence-corrected chi connectivity index (χ1v) is 6.96. The fourth-order valence-corrected chi connectivity index (χ4v) is 2.27. The normalized spacial score (nSPS) is 18.4. The molecule has 1 unspecified atom stereocenters. The maximum atomic E-state index is 12.0. The van der Waals surface area contributed by atoms with Gasteiger partial charge < -0.3 is 4.90 Å². The van der Waals surface area contributed by atoms with E-state index in [9.17, 15) is 9.59 Å². The average molecular weight is 276 g/mol. The molecule has 20 heavy (non-hydrogen) atoms. The Hall–Kier alpha value is -1.88. The maximum absolute atomic E-state index is 12.0. The number of hydrogen-bond donors (Lipinski definition) is 1. The van der Waals surface area contributed by atoms with Crippen molar-refractivity contribution in [1.82, 2.24) is 5.48 Å². The first-order chi connectivity index (χ1) is 9.65. The summed E-state index contributed by atoms with van der Waals surface area (Å²) in [5.41, 5.74) is 4.44. The zero-order chi connectivity index (χ0) is 14.5. The van der Waals surface area contributed by atoms with E-state index >= 15 is 0 Å². The number of aryl methyl sites for hydroxylation is 1. The lowest BCUT2D eigenvalue weighted by Crippen LogP contribution is -2.33. The lowest BCUT2D eigenvalue weighted by atomic mass is 10.1. The van der Waals surface area contributed by atoms with Crippen molar-refractivity contribution < 1.29 is 14.4 Å². The molecule has 1 atom stereocenters. The maximum Gasteiger partial charge on any atom is 0.248 e. The highest BCUT2D eigenvalue weighted by Crippen LogP contribution is 2.25. The Morgan fingerprint density at radius 2 is 2.05 bits per heavy atom. The second-order valence-corrected chi connectivity index (χ2v) is 4.82. The SMILES string of the molecule is CCONC(=O)C1CC(=O)N(c2ccc(CC)cc2)C1. The minimum atomic E-state index is -0.347. The predicted molar refractivity (Wildman–Crippen MR) is 76.0 cm³/mol. The fraction of sp³-hybridized carbons (Fsp3) is 0.467. The number of amides is 2. The molecule has 0 saturated carbocycles. The summed E-state index contributed by atoms with van der Waals surface area (Å²) in [6.07, 6.45) is 1.20.